The molecule has 5 nitrogen and oxygen atoms in total. The lowest BCUT2D eigenvalue weighted by Gasteiger charge is -2.04. The number of benzene rings is 1. The van der Waals surface area contributed by atoms with Gasteiger partial charge in [-0.25, -0.2) is 5.48 Å². The molecule has 0 unspecified atom stereocenters. The Balaban J connectivity index is 2.23. The number of thioether (sulfide) groups is 1. The molecule has 1 aromatic rings. The first-order valence-electron chi connectivity index (χ1n) is 4.65. The van der Waals surface area contributed by atoms with Gasteiger partial charge in [0.15, 0.2) is 6.61 Å². The van der Waals surface area contributed by atoms with Crippen molar-refractivity contribution >= 4 is 39.5 Å². The van der Waals surface area contributed by atoms with E-state index >= 15 is 0 Å². The van der Waals surface area contributed by atoms with Gasteiger partial charge in [-0.3, -0.25) is 14.4 Å². The lowest BCUT2D eigenvalue weighted by atomic mass is 10.4. The van der Waals surface area contributed by atoms with Gasteiger partial charge in [0, 0.05) is 9.37 Å². The first-order valence-corrected chi connectivity index (χ1v) is 6.43. The summed E-state index contributed by atoms with van der Waals surface area (Å²) in [5.74, 6) is -0.745. The standard InChI is InChI=1S/C10H11BrN2O3S/c11-7-1-3-8(4-2-7)17-6-10(15)13-16-5-9(12)14/h1-4H,5-6H2,(H2,12,14)(H,13,15). The van der Waals surface area contributed by atoms with Gasteiger partial charge < -0.3 is 5.73 Å². The largest absolute Gasteiger partial charge is 0.368 e. The zero-order chi connectivity index (χ0) is 12.7. The molecule has 0 aromatic heterocycles. The molecule has 0 saturated carbocycles. The van der Waals surface area contributed by atoms with Crippen molar-refractivity contribution in [1.29, 1.82) is 0 Å². The third-order valence-corrected chi connectivity index (χ3v) is 3.12. The normalized spacial score (nSPS) is 9.94. The zero-order valence-corrected chi connectivity index (χ0v) is 11.2. The average molecular weight is 319 g/mol. The van der Waals surface area contributed by atoms with Crippen molar-refractivity contribution in [3.05, 3.63) is 28.7 Å². The Kier molecular flexibility index (Phi) is 6.03. The summed E-state index contributed by atoms with van der Waals surface area (Å²) in [6, 6.07) is 7.58. The number of amides is 2. The SMILES string of the molecule is NC(=O)CONC(=O)CSc1ccc(Br)cc1. The van der Waals surface area contributed by atoms with Gasteiger partial charge in [0.25, 0.3) is 5.91 Å². The number of rotatable bonds is 6. The first kappa shape index (κ1) is 14.0. The van der Waals surface area contributed by atoms with Gasteiger partial charge in [-0.15, -0.1) is 11.8 Å². The van der Waals surface area contributed by atoms with Gasteiger partial charge in [0.05, 0.1) is 5.75 Å². The van der Waals surface area contributed by atoms with Crippen LogP contribution in [0.5, 0.6) is 0 Å². The van der Waals surface area contributed by atoms with Gasteiger partial charge in [-0.2, -0.15) is 0 Å². The quantitative estimate of drug-likeness (QED) is 0.607. The molecule has 0 aliphatic heterocycles. The third-order valence-electron chi connectivity index (χ3n) is 1.58. The highest BCUT2D eigenvalue weighted by Gasteiger charge is 2.03. The molecule has 0 aliphatic rings. The van der Waals surface area contributed by atoms with Crippen LogP contribution in [0.3, 0.4) is 0 Å². The lowest BCUT2D eigenvalue weighted by Crippen LogP contribution is -2.30. The molecule has 0 radical (unpaired) electrons. The topological polar surface area (TPSA) is 81.4 Å². The maximum absolute atomic E-state index is 11.2. The summed E-state index contributed by atoms with van der Waals surface area (Å²) in [6.07, 6.45) is 0. The predicted octanol–water partition coefficient (Wildman–Crippen LogP) is 1.07. The van der Waals surface area contributed by atoms with Crippen LogP contribution in [0.1, 0.15) is 0 Å². The number of carbonyl (C=O) groups is 2. The maximum atomic E-state index is 11.2. The van der Waals surface area contributed by atoms with Crippen LogP contribution >= 0.6 is 27.7 Å². The smallest absolute Gasteiger partial charge is 0.253 e. The molecule has 1 aromatic carbocycles. The minimum absolute atomic E-state index is 0.209. The van der Waals surface area contributed by atoms with Crippen LogP contribution in [0.2, 0.25) is 0 Å². The van der Waals surface area contributed by atoms with Crippen LogP contribution in [-0.4, -0.2) is 24.2 Å². The Labute approximate surface area is 111 Å². The minimum Gasteiger partial charge on any atom is -0.368 e. The first-order chi connectivity index (χ1) is 8.08. The second-order valence-corrected chi connectivity index (χ2v) is 4.99. The Hall–Kier alpha value is -1.05. The highest BCUT2D eigenvalue weighted by molar-refractivity contribution is 9.10. The number of hydrogen-bond acceptors (Lipinski definition) is 4. The van der Waals surface area contributed by atoms with Crippen molar-refractivity contribution in [2.45, 2.75) is 4.90 Å². The van der Waals surface area contributed by atoms with Gasteiger partial charge in [0.1, 0.15) is 0 Å². The van der Waals surface area contributed by atoms with Crippen LogP contribution in [0.15, 0.2) is 33.6 Å². The number of nitrogens with two attached hydrogens (primary N) is 1. The molecule has 0 atom stereocenters. The molecule has 1 rings (SSSR count). The number of halogens is 1. The average Bonchev–Trinajstić information content (AvgIpc) is 2.28. The molecule has 0 saturated heterocycles. The van der Waals surface area contributed by atoms with E-state index in [1.165, 1.54) is 11.8 Å². The van der Waals surface area contributed by atoms with Crippen molar-refractivity contribution in [3.8, 4) is 0 Å². The van der Waals surface area contributed by atoms with Crippen molar-refractivity contribution in [3.63, 3.8) is 0 Å². The monoisotopic (exact) mass is 318 g/mol. The number of nitrogens with one attached hydrogen (secondary N) is 1. The molecule has 92 valence electrons. The van der Waals surface area contributed by atoms with E-state index in [0.717, 1.165) is 9.37 Å². The summed E-state index contributed by atoms with van der Waals surface area (Å²) in [7, 11) is 0. The van der Waals surface area contributed by atoms with E-state index in [-0.39, 0.29) is 18.3 Å². The lowest BCUT2D eigenvalue weighted by molar-refractivity contribution is -0.135. The molecular weight excluding hydrogens is 308 g/mol. The summed E-state index contributed by atoms with van der Waals surface area (Å²) >= 11 is 4.69. The number of primary amides is 1. The molecule has 0 aliphatic carbocycles. The van der Waals surface area contributed by atoms with E-state index in [0.29, 0.717) is 0 Å². The van der Waals surface area contributed by atoms with Crippen molar-refractivity contribution in [2.75, 3.05) is 12.4 Å². The second kappa shape index (κ2) is 7.31. The summed E-state index contributed by atoms with van der Waals surface area (Å²) in [4.78, 5) is 27.1. The highest BCUT2D eigenvalue weighted by atomic mass is 79.9. The summed E-state index contributed by atoms with van der Waals surface area (Å²) < 4.78 is 0.982. The molecule has 0 bridgehead atoms. The zero-order valence-electron chi connectivity index (χ0n) is 8.81. The van der Waals surface area contributed by atoms with Gasteiger partial charge in [-0.1, -0.05) is 15.9 Å². The van der Waals surface area contributed by atoms with Crippen LogP contribution in [0.4, 0.5) is 0 Å². The number of hydrogen-bond donors (Lipinski definition) is 2. The molecule has 17 heavy (non-hydrogen) atoms. The summed E-state index contributed by atoms with van der Waals surface area (Å²) in [5.41, 5.74) is 6.96. The van der Waals surface area contributed by atoms with E-state index in [9.17, 15) is 9.59 Å². The minimum atomic E-state index is -0.633. The van der Waals surface area contributed by atoms with Gasteiger partial charge in [0.2, 0.25) is 5.91 Å². The van der Waals surface area contributed by atoms with Crippen molar-refractivity contribution < 1.29 is 14.4 Å². The van der Waals surface area contributed by atoms with Gasteiger partial charge in [-0.05, 0) is 24.3 Å². The van der Waals surface area contributed by atoms with E-state index in [2.05, 4.69) is 26.2 Å². The number of carbonyl (C=O) groups excluding carboxylic acids is 2. The van der Waals surface area contributed by atoms with E-state index in [4.69, 9.17) is 5.73 Å². The molecule has 0 fully saturated rings. The van der Waals surface area contributed by atoms with Crippen LogP contribution in [0.25, 0.3) is 0 Å². The van der Waals surface area contributed by atoms with Crippen LogP contribution in [-0.2, 0) is 14.4 Å². The second-order valence-electron chi connectivity index (χ2n) is 3.02. The molecule has 2 amide bonds. The fourth-order valence-electron chi connectivity index (χ4n) is 0.897. The fourth-order valence-corrected chi connectivity index (χ4v) is 1.85. The highest BCUT2D eigenvalue weighted by Crippen LogP contribution is 2.20. The summed E-state index contributed by atoms with van der Waals surface area (Å²) in [5, 5.41) is 0. The summed E-state index contributed by atoms with van der Waals surface area (Å²) in [6.45, 7) is -0.325. The van der Waals surface area contributed by atoms with Crippen molar-refractivity contribution in [2.24, 2.45) is 5.73 Å². The van der Waals surface area contributed by atoms with Crippen LogP contribution in [0, 0.1) is 0 Å². The maximum Gasteiger partial charge on any atom is 0.253 e. The Morgan fingerprint density at radius 3 is 2.59 bits per heavy atom. The molecule has 0 heterocycles. The number of hydroxylamine groups is 1. The van der Waals surface area contributed by atoms with E-state index in [1.807, 2.05) is 24.3 Å². The van der Waals surface area contributed by atoms with E-state index in [1.54, 1.807) is 0 Å². The molecule has 0 spiro atoms. The fraction of sp³-hybridized carbons (Fsp3) is 0.200. The van der Waals surface area contributed by atoms with Crippen LogP contribution < -0.4 is 11.2 Å². The molecule has 7 heteroatoms. The van der Waals surface area contributed by atoms with E-state index < -0.39 is 5.91 Å². The third kappa shape index (κ3) is 6.30. The Bertz CT molecular complexity index is 397. The Morgan fingerprint density at radius 1 is 1.35 bits per heavy atom. The molecular formula is C10H11BrN2O3S. The molecule has 3 N–H and O–H groups in total. The van der Waals surface area contributed by atoms with Crippen molar-refractivity contribution in [1.82, 2.24) is 5.48 Å². The predicted molar refractivity (Wildman–Crippen MR) is 68.2 cm³/mol. The Morgan fingerprint density at radius 2 is 2.00 bits per heavy atom. The van der Waals surface area contributed by atoms with Gasteiger partial charge >= 0.3 is 0 Å².